The minimum Gasteiger partial charge on any atom is -0.292 e. The van der Waals surface area contributed by atoms with Crippen LogP contribution in [0.25, 0.3) is 0 Å². The van der Waals surface area contributed by atoms with E-state index in [1.165, 1.54) is 6.07 Å². The number of rotatable bonds is 2. The molecular weight excluding hydrogens is 203 g/mol. The molecule has 1 aliphatic rings. The molecule has 3 heteroatoms. The van der Waals surface area contributed by atoms with E-state index in [2.05, 4.69) is 21.7 Å². The maximum Gasteiger partial charge on any atom is 0.212 e. The maximum atomic E-state index is 12.7. The van der Waals surface area contributed by atoms with Gasteiger partial charge in [0.2, 0.25) is 5.95 Å². The molecule has 0 radical (unpaired) electrons. The lowest BCUT2D eigenvalue weighted by atomic mass is 10.0. The number of hydrogen-bond donors (Lipinski definition) is 0. The summed E-state index contributed by atoms with van der Waals surface area (Å²) in [6, 6.07) is 3.27. The second kappa shape index (κ2) is 5.09. The molecule has 2 heterocycles. The Bertz CT molecular complexity index is 402. The van der Waals surface area contributed by atoms with E-state index in [4.69, 9.17) is 0 Å². The molecule has 16 heavy (non-hydrogen) atoms. The predicted molar refractivity (Wildman–Crippen MR) is 61.4 cm³/mol. The van der Waals surface area contributed by atoms with Gasteiger partial charge in [-0.15, -0.1) is 5.92 Å². The third kappa shape index (κ3) is 2.59. The summed E-state index contributed by atoms with van der Waals surface area (Å²) >= 11 is 0. The third-order valence-corrected chi connectivity index (χ3v) is 2.97. The van der Waals surface area contributed by atoms with Crippen LogP contribution >= 0.6 is 0 Å². The van der Waals surface area contributed by atoms with Gasteiger partial charge >= 0.3 is 0 Å². The van der Waals surface area contributed by atoms with E-state index in [-0.39, 0.29) is 0 Å². The summed E-state index contributed by atoms with van der Waals surface area (Å²) in [5, 5.41) is 0. The van der Waals surface area contributed by atoms with Crippen LogP contribution in [0.15, 0.2) is 18.3 Å². The summed E-state index contributed by atoms with van der Waals surface area (Å²) in [5.41, 5.74) is 1.13. The maximum absolute atomic E-state index is 12.7. The number of pyridine rings is 1. The Morgan fingerprint density at radius 1 is 1.56 bits per heavy atom. The molecule has 1 atom stereocenters. The Morgan fingerprint density at radius 3 is 3.12 bits per heavy atom. The van der Waals surface area contributed by atoms with Crippen LogP contribution < -0.4 is 0 Å². The summed E-state index contributed by atoms with van der Waals surface area (Å²) in [7, 11) is 0. The van der Waals surface area contributed by atoms with Gasteiger partial charge in [-0.25, -0.2) is 4.98 Å². The highest BCUT2D eigenvalue weighted by Crippen LogP contribution is 2.26. The second-order valence-corrected chi connectivity index (χ2v) is 4.06. The van der Waals surface area contributed by atoms with Crippen LogP contribution in [-0.2, 0) is 0 Å². The van der Waals surface area contributed by atoms with Crippen LogP contribution in [0.5, 0.6) is 0 Å². The first-order chi connectivity index (χ1) is 7.79. The molecule has 1 fully saturated rings. The molecule has 2 nitrogen and oxygen atoms in total. The molecule has 2 rings (SSSR count). The van der Waals surface area contributed by atoms with Crippen molar-refractivity contribution in [1.29, 1.82) is 0 Å². The number of aromatic nitrogens is 1. The molecule has 1 aliphatic heterocycles. The van der Waals surface area contributed by atoms with Crippen LogP contribution in [0.1, 0.15) is 24.8 Å². The molecule has 0 bridgehead atoms. The standard InChI is InChI=1S/C13H15FN2/c1-2-3-7-16-8-6-12(10-16)11-4-5-13(14)15-9-11/h4-5,9,12H,6-8,10H2,1H3. The smallest absolute Gasteiger partial charge is 0.212 e. The number of nitrogens with zero attached hydrogens (tertiary/aromatic N) is 2. The van der Waals surface area contributed by atoms with Crippen molar-refractivity contribution < 1.29 is 4.39 Å². The molecule has 1 aromatic heterocycles. The van der Waals surface area contributed by atoms with Gasteiger partial charge in [-0.1, -0.05) is 12.0 Å². The highest BCUT2D eigenvalue weighted by atomic mass is 19.1. The third-order valence-electron chi connectivity index (χ3n) is 2.97. The van der Waals surface area contributed by atoms with E-state index < -0.39 is 5.95 Å². The average molecular weight is 218 g/mol. The molecule has 0 saturated carbocycles. The van der Waals surface area contributed by atoms with Gasteiger partial charge in [0.15, 0.2) is 0 Å². The molecule has 0 N–H and O–H groups in total. The topological polar surface area (TPSA) is 16.1 Å². The summed E-state index contributed by atoms with van der Waals surface area (Å²) in [6.45, 7) is 4.76. The fraction of sp³-hybridized carbons (Fsp3) is 0.462. The summed E-state index contributed by atoms with van der Waals surface area (Å²) < 4.78 is 12.7. The molecule has 0 aliphatic carbocycles. The lowest BCUT2D eigenvalue weighted by Gasteiger charge is -2.12. The van der Waals surface area contributed by atoms with Crippen LogP contribution in [-0.4, -0.2) is 29.5 Å². The SMILES string of the molecule is CC#CCN1CCC(c2ccc(F)nc2)C1. The van der Waals surface area contributed by atoms with Gasteiger partial charge in [0.1, 0.15) is 0 Å². The molecule has 0 amide bonds. The monoisotopic (exact) mass is 218 g/mol. The molecular formula is C13H15FN2. The van der Waals surface area contributed by atoms with Crippen LogP contribution in [0.2, 0.25) is 0 Å². The van der Waals surface area contributed by atoms with Crippen molar-refractivity contribution in [3.63, 3.8) is 0 Å². The van der Waals surface area contributed by atoms with E-state index in [9.17, 15) is 4.39 Å². The molecule has 0 aromatic carbocycles. The summed E-state index contributed by atoms with van der Waals surface area (Å²) in [6.07, 6.45) is 2.76. The van der Waals surface area contributed by atoms with Crippen molar-refractivity contribution in [2.75, 3.05) is 19.6 Å². The zero-order chi connectivity index (χ0) is 11.4. The van der Waals surface area contributed by atoms with E-state index in [1.54, 1.807) is 6.20 Å². The lowest BCUT2D eigenvalue weighted by Crippen LogP contribution is -2.20. The molecule has 1 aromatic rings. The van der Waals surface area contributed by atoms with Crippen LogP contribution in [0.4, 0.5) is 4.39 Å². The fourth-order valence-corrected chi connectivity index (χ4v) is 2.07. The lowest BCUT2D eigenvalue weighted by molar-refractivity contribution is 0.377. The van der Waals surface area contributed by atoms with Gasteiger partial charge in [-0.2, -0.15) is 4.39 Å². The minimum absolute atomic E-state index is 0.407. The normalized spacial score (nSPS) is 20.5. The van der Waals surface area contributed by atoms with Gasteiger partial charge in [0, 0.05) is 12.7 Å². The Hall–Kier alpha value is -1.40. The van der Waals surface area contributed by atoms with Crippen molar-refractivity contribution in [1.82, 2.24) is 9.88 Å². The van der Waals surface area contributed by atoms with Gasteiger partial charge in [0.25, 0.3) is 0 Å². The minimum atomic E-state index is -0.407. The highest BCUT2D eigenvalue weighted by molar-refractivity contribution is 5.17. The summed E-state index contributed by atoms with van der Waals surface area (Å²) in [5.74, 6) is 6.05. The van der Waals surface area contributed by atoms with Crippen LogP contribution in [0, 0.1) is 17.8 Å². The van der Waals surface area contributed by atoms with E-state index >= 15 is 0 Å². The number of hydrogen-bond acceptors (Lipinski definition) is 2. The Kier molecular flexibility index (Phi) is 3.53. The first kappa shape index (κ1) is 11.1. The van der Waals surface area contributed by atoms with Crippen molar-refractivity contribution in [2.24, 2.45) is 0 Å². The zero-order valence-corrected chi connectivity index (χ0v) is 9.41. The predicted octanol–water partition coefficient (Wildman–Crippen LogP) is 2.03. The Labute approximate surface area is 95.5 Å². The van der Waals surface area contributed by atoms with E-state index in [1.807, 2.05) is 13.0 Å². The molecule has 1 unspecified atom stereocenters. The van der Waals surface area contributed by atoms with Crippen LogP contribution in [0.3, 0.4) is 0 Å². The quantitative estimate of drug-likeness (QED) is 0.558. The number of likely N-dealkylation sites (tertiary alicyclic amines) is 1. The first-order valence-electron chi connectivity index (χ1n) is 5.53. The van der Waals surface area contributed by atoms with E-state index in [0.29, 0.717) is 5.92 Å². The largest absolute Gasteiger partial charge is 0.292 e. The fourth-order valence-electron chi connectivity index (χ4n) is 2.07. The van der Waals surface area contributed by atoms with Gasteiger partial charge in [-0.05, 0) is 37.4 Å². The van der Waals surface area contributed by atoms with Gasteiger partial charge in [-0.3, -0.25) is 4.90 Å². The first-order valence-corrected chi connectivity index (χ1v) is 5.53. The average Bonchev–Trinajstić information content (AvgIpc) is 2.76. The van der Waals surface area contributed by atoms with Crippen molar-refractivity contribution in [3.8, 4) is 11.8 Å². The van der Waals surface area contributed by atoms with Crippen molar-refractivity contribution in [2.45, 2.75) is 19.3 Å². The molecule has 84 valence electrons. The Morgan fingerprint density at radius 2 is 2.44 bits per heavy atom. The van der Waals surface area contributed by atoms with Crippen molar-refractivity contribution in [3.05, 3.63) is 29.8 Å². The molecule has 0 spiro atoms. The van der Waals surface area contributed by atoms with E-state index in [0.717, 1.165) is 31.6 Å². The highest BCUT2D eigenvalue weighted by Gasteiger charge is 2.23. The number of halogens is 1. The summed E-state index contributed by atoms with van der Waals surface area (Å²) in [4.78, 5) is 6.02. The van der Waals surface area contributed by atoms with Gasteiger partial charge < -0.3 is 0 Å². The van der Waals surface area contributed by atoms with Crippen molar-refractivity contribution >= 4 is 0 Å². The second-order valence-electron chi connectivity index (χ2n) is 4.06. The van der Waals surface area contributed by atoms with Gasteiger partial charge in [0.05, 0.1) is 6.54 Å². The zero-order valence-electron chi connectivity index (χ0n) is 9.41. The molecule has 1 saturated heterocycles. The Balaban J connectivity index is 1.97.